The Bertz CT molecular complexity index is 876. The predicted molar refractivity (Wildman–Crippen MR) is 109 cm³/mol. The first kappa shape index (κ1) is 17.6. The van der Waals surface area contributed by atoms with Gasteiger partial charge in [0.05, 0.1) is 19.1 Å². The van der Waals surface area contributed by atoms with E-state index in [0.29, 0.717) is 6.04 Å². The zero-order valence-corrected chi connectivity index (χ0v) is 16.1. The number of nitrogens with one attached hydrogen (secondary N) is 1. The molecule has 4 rings (SSSR count). The summed E-state index contributed by atoms with van der Waals surface area (Å²) in [6.45, 7) is 0. The van der Waals surface area contributed by atoms with Crippen LogP contribution in [0.15, 0.2) is 54.6 Å². The van der Waals surface area contributed by atoms with Crippen molar-refractivity contribution >= 4 is 17.2 Å². The fourth-order valence-electron chi connectivity index (χ4n) is 2.93. The number of hydrogen-bond donors (Lipinski definition) is 1. The standard InChI is InChI=1S/C22H21NO3S/c1-25-17-9-3-14(4-10-17)19-13-20(22(24)23-16-7-8-16)27-21(19)15-5-11-18(26-2)12-6-15/h3-6,9-13,16H,7-8H2,1-2H3,(H,23,24). The van der Waals surface area contributed by atoms with Gasteiger partial charge in [-0.25, -0.2) is 0 Å². The fraction of sp³-hybridized carbons (Fsp3) is 0.227. The summed E-state index contributed by atoms with van der Waals surface area (Å²) in [6.07, 6.45) is 2.15. The molecular formula is C22H21NO3S. The molecule has 0 bridgehead atoms. The quantitative estimate of drug-likeness (QED) is 0.656. The second-order valence-corrected chi connectivity index (χ2v) is 7.61. The van der Waals surface area contributed by atoms with Crippen LogP contribution in [0.4, 0.5) is 0 Å². The minimum atomic E-state index is 0.0111. The molecule has 1 aliphatic rings. The summed E-state index contributed by atoms with van der Waals surface area (Å²) < 4.78 is 10.5. The lowest BCUT2D eigenvalue weighted by Crippen LogP contribution is -2.24. The lowest BCUT2D eigenvalue weighted by Gasteiger charge is -2.07. The Morgan fingerprint density at radius 2 is 1.48 bits per heavy atom. The second kappa shape index (κ2) is 7.45. The van der Waals surface area contributed by atoms with Gasteiger partial charge in [-0.2, -0.15) is 0 Å². The van der Waals surface area contributed by atoms with E-state index < -0.39 is 0 Å². The molecule has 2 aromatic carbocycles. The summed E-state index contributed by atoms with van der Waals surface area (Å²) in [5.41, 5.74) is 3.18. The van der Waals surface area contributed by atoms with Gasteiger partial charge in [0, 0.05) is 16.5 Å². The molecule has 1 fully saturated rings. The molecule has 27 heavy (non-hydrogen) atoms. The lowest BCUT2D eigenvalue weighted by atomic mass is 10.0. The number of amides is 1. The molecule has 0 atom stereocenters. The highest BCUT2D eigenvalue weighted by Crippen LogP contribution is 2.40. The largest absolute Gasteiger partial charge is 0.497 e. The molecule has 3 aromatic rings. The van der Waals surface area contributed by atoms with Gasteiger partial charge in [-0.15, -0.1) is 11.3 Å². The van der Waals surface area contributed by atoms with Crippen molar-refractivity contribution in [1.29, 1.82) is 0 Å². The van der Waals surface area contributed by atoms with E-state index in [0.717, 1.165) is 50.8 Å². The van der Waals surface area contributed by atoms with E-state index in [1.54, 1.807) is 14.2 Å². The number of thiophene rings is 1. The third kappa shape index (κ3) is 3.83. The molecule has 1 amide bonds. The Kier molecular flexibility index (Phi) is 4.86. The molecule has 1 saturated carbocycles. The van der Waals surface area contributed by atoms with Gasteiger partial charge >= 0.3 is 0 Å². The summed E-state index contributed by atoms with van der Waals surface area (Å²) in [5.74, 6) is 1.64. The summed E-state index contributed by atoms with van der Waals surface area (Å²) in [7, 11) is 3.31. The van der Waals surface area contributed by atoms with Crippen LogP contribution in [-0.2, 0) is 0 Å². The zero-order valence-electron chi connectivity index (χ0n) is 15.3. The molecule has 0 spiro atoms. The number of benzene rings is 2. The van der Waals surface area contributed by atoms with Gasteiger partial charge < -0.3 is 14.8 Å². The first-order chi connectivity index (χ1) is 13.2. The van der Waals surface area contributed by atoms with Gasteiger partial charge in [0.2, 0.25) is 0 Å². The van der Waals surface area contributed by atoms with E-state index in [9.17, 15) is 4.79 Å². The van der Waals surface area contributed by atoms with Crippen molar-refractivity contribution in [2.24, 2.45) is 0 Å². The topological polar surface area (TPSA) is 47.6 Å². The smallest absolute Gasteiger partial charge is 0.261 e. The van der Waals surface area contributed by atoms with Gasteiger partial charge in [-0.1, -0.05) is 12.1 Å². The van der Waals surface area contributed by atoms with E-state index >= 15 is 0 Å². The van der Waals surface area contributed by atoms with Crippen molar-refractivity contribution in [3.8, 4) is 33.1 Å². The number of hydrogen-bond acceptors (Lipinski definition) is 4. The van der Waals surface area contributed by atoms with Crippen LogP contribution in [0.2, 0.25) is 0 Å². The minimum absolute atomic E-state index is 0.0111. The molecular weight excluding hydrogens is 358 g/mol. The maximum atomic E-state index is 12.6. The van der Waals surface area contributed by atoms with E-state index in [-0.39, 0.29) is 5.91 Å². The monoisotopic (exact) mass is 379 g/mol. The molecule has 1 aliphatic carbocycles. The SMILES string of the molecule is COc1ccc(-c2cc(C(=O)NC3CC3)sc2-c2ccc(OC)cc2)cc1. The normalized spacial score (nSPS) is 13.3. The highest BCUT2D eigenvalue weighted by molar-refractivity contribution is 7.18. The number of ether oxygens (including phenoxy) is 2. The highest BCUT2D eigenvalue weighted by atomic mass is 32.1. The first-order valence-electron chi connectivity index (χ1n) is 8.91. The lowest BCUT2D eigenvalue weighted by molar-refractivity contribution is 0.0955. The maximum absolute atomic E-state index is 12.6. The number of methoxy groups -OCH3 is 2. The Morgan fingerprint density at radius 3 is 2.00 bits per heavy atom. The zero-order chi connectivity index (χ0) is 18.8. The van der Waals surface area contributed by atoms with Gasteiger partial charge in [0.25, 0.3) is 5.91 Å². The summed E-state index contributed by atoms with van der Waals surface area (Å²) in [4.78, 5) is 14.4. The van der Waals surface area contributed by atoms with E-state index in [4.69, 9.17) is 9.47 Å². The van der Waals surface area contributed by atoms with Gasteiger partial charge in [0.1, 0.15) is 11.5 Å². The van der Waals surface area contributed by atoms with Crippen LogP contribution >= 0.6 is 11.3 Å². The molecule has 1 N–H and O–H groups in total. The Balaban J connectivity index is 1.75. The average molecular weight is 379 g/mol. The van der Waals surface area contributed by atoms with Crippen LogP contribution < -0.4 is 14.8 Å². The molecule has 0 unspecified atom stereocenters. The number of carbonyl (C=O) groups is 1. The second-order valence-electron chi connectivity index (χ2n) is 6.56. The van der Waals surface area contributed by atoms with Crippen molar-refractivity contribution < 1.29 is 14.3 Å². The fourth-order valence-corrected chi connectivity index (χ4v) is 4.02. The van der Waals surface area contributed by atoms with Crippen molar-refractivity contribution in [3.63, 3.8) is 0 Å². The van der Waals surface area contributed by atoms with Gasteiger partial charge in [0.15, 0.2) is 0 Å². The first-order valence-corrected chi connectivity index (χ1v) is 9.73. The number of rotatable bonds is 6. The van der Waals surface area contributed by atoms with Crippen LogP contribution in [0, 0.1) is 0 Å². The molecule has 0 saturated heterocycles. The van der Waals surface area contributed by atoms with Gasteiger partial charge in [-0.05, 0) is 66.4 Å². The molecule has 4 nitrogen and oxygen atoms in total. The van der Waals surface area contributed by atoms with E-state index in [1.807, 2.05) is 54.6 Å². The third-order valence-corrected chi connectivity index (χ3v) is 5.80. The molecule has 1 heterocycles. The van der Waals surface area contributed by atoms with Crippen LogP contribution in [-0.4, -0.2) is 26.2 Å². The predicted octanol–water partition coefficient (Wildman–Crippen LogP) is 4.99. The van der Waals surface area contributed by atoms with Crippen LogP contribution in [0.25, 0.3) is 21.6 Å². The Hall–Kier alpha value is -2.79. The third-order valence-electron chi connectivity index (χ3n) is 4.62. The summed E-state index contributed by atoms with van der Waals surface area (Å²) in [6, 6.07) is 18.2. The Morgan fingerprint density at radius 1 is 0.926 bits per heavy atom. The Labute approximate surface area is 162 Å². The van der Waals surface area contributed by atoms with E-state index in [1.165, 1.54) is 11.3 Å². The summed E-state index contributed by atoms with van der Waals surface area (Å²) >= 11 is 1.52. The van der Waals surface area contributed by atoms with Crippen LogP contribution in [0.5, 0.6) is 11.5 Å². The molecule has 0 aliphatic heterocycles. The minimum Gasteiger partial charge on any atom is -0.497 e. The summed E-state index contributed by atoms with van der Waals surface area (Å²) in [5, 5.41) is 3.08. The molecule has 5 heteroatoms. The number of carbonyl (C=O) groups excluding carboxylic acids is 1. The molecule has 0 radical (unpaired) electrons. The van der Waals surface area contributed by atoms with Crippen molar-refractivity contribution in [2.75, 3.05) is 14.2 Å². The molecule has 138 valence electrons. The molecule has 1 aromatic heterocycles. The van der Waals surface area contributed by atoms with E-state index in [2.05, 4.69) is 5.32 Å². The van der Waals surface area contributed by atoms with Crippen molar-refractivity contribution in [1.82, 2.24) is 5.32 Å². The highest BCUT2D eigenvalue weighted by Gasteiger charge is 2.25. The van der Waals surface area contributed by atoms with Crippen LogP contribution in [0.1, 0.15) is 22.5 Å². The van der Waals surface area contributed by atoms with Gasteiger partial charge in [-0.3, -0.25) is 4.79 Å². The van der Waals surface area contributed by atoms with Crippen molar-refractivity contribution in [3.05, 3.63) is 59.5 Å². The van der Waals surface area contributed by atoms with Crippen LogP contribution in [0.3, 0.4) is 0 Å². The maximum Gasteiger partial charge on any atom is 0.261 e. The average Bonchev–Trinajstić information content (AvgIpc) is 3.42. The van der Waals surface area contributed by atoms with Crippen molar-refractivity contribution in [2.45, 2.75) is 18.9 Å².